The van der Waals surface area contributed by atoms with Crippen LogP contribution in [0.5, 0.6) is 0 Å². The zero-order valence-corrected chi connectivity index (χ0v) is 13.4. The summed E-state index contributed by atoms with van der Waals surface area (Å²) in [4.78, 5) is 23.1. The number of hydrogen-bond donors (Lipinski definition) is 1. The van der Waals surface area contributed by atoms with Crippen LogP contribution < -0.4 is 5.32 Å². The zero-order valence-electron chi connectivity index (χ0n) is 11.0. The maximum atomic E-state index is 11.6. The zero-order chi connectivity index (χ0) is 15.9. The van der Waals surface area contributed by atoms with Crippen molar-refractivity contribution in [1.82, 2.24) is 0 Å². The van der Waals surface area contributed by atoms with E-state index in [1.54, 1.807) is 23.6 Å². The maximum absolute atomic E-state index is 11.6. The molecule has 0 radical (unpaired) electrons. The molecule has 0 aromatic carbocycles. The molecule has 0 aliphatic heterocycles. The number of anilines is 1. The number of thiophene rings is 1. The van der Waals surface area contributed by atoms with Gasteiger partial charge in [0.2, 0.25) is 0 Å². The fourth-order valence-corrected chi connectivity index (χ4v) is 2.48. The number of nitrogens with one attached hydrogen (secondary N) is 1. The largest absolute Gasteiger partial charge is 0.452 e. The Hall–Kier alpha value is -2.37. The molecule has 0 saturated carbocycles. The van der Waals surface area contributed by atoms with E-state index in [1.165, 1.54) is 17.4 Å². The fourth-order valence-electron chi connectivity index (χ4n) is 1.41. The molecule has 2 rings (SSSR count). The van der Waals surface area contributed by atoms with Crippen molar-refractivity contribution in [2.45, 2.75) is 0 Å². The van der Waals surface area contributed by atoms with Gasteiger partial charge in [0.1, 0.15) is 16.8 Å². The second-order valence-electron chi connectivity index (χ2n) is 3.91. The summed E-state index contributed by atoms with van der Waals surface area (Å²) in [5.74, 6) is -0.707. The van der Waals surface area contributed by atoms with Gasteiger partial charge in [-0.3, -0.25) is 4.79 Å². The molecule has 0 aliphatic carbocycles. The van der Waals surface area contributed by atoms with Crippen LogP contribution in [0, 0.1) is 11.3 Å². The third-order valence-corrected chi connectivity index (χ3v) is 3.62. The number of rotatable bonds is 5. The third kappa shape index (κ3) is 4.58. The molecule has 2 aromatic heterocycles. The standard InChI is InChI=1S/C14H9BrN2O4S/c15-11-3-1-10(21-11)2-4-13(19)20-8-12(18)17-14-9(7-16)5-6-22-14/h1-6H,8H2,(H,17,18)/b4-2+. The lowest BCUT2D eigenvalue weighted by molar-refractivity contribution is -0.142. The predicted octanol–water partition coefficient (Wildman–Crippen LogP) is 3.17. The number of carbonyl (C=O) groups excluding carboxylic acids is 2. The second kappa shape index (κ2) is 7.59. The van der Waals surface area contributed by atoms with Gasteiger partial charge in [0, 0.05) is 6.08 Å². The first kappa shape index (κ1) is 16.0. The molecule has 2 heterocycles. The Bertz CT molecular complexity index is 757. The SMILES string of the molecule is N#Cc1ccsc1NC(=O)COC(=O)/C=C/c1ccc(Br)o1. The van der Waals surface area contributed by atoms with Crippen molar-refractivity contribution in [3.8, 4) is 6.07 Å². The first-order valence-electron chi connectivity index (χ1n) is 5.96. The van der Waals surface area contributed by atoms with Gasteiger partial charge in [-0.15, -0.1) is 11.3 Å². The normalized spacial score (nSPS) is 10.4. The number of nitriles is 1. The summed E-state index contributed by atoms with van der Waals surface area (Å²) in [6.45, 7) is -0.437. The van der Waals surface area contributed by atoms with Crippen molar-refractivity contribution in [3.63, 3.8) is 0 Å². The highest BCUT2D eigenvalue weighted by molar-refractivity contribution is 9.10. The molecule has 112 valence electrons. The van der Waals surface area contributed by atoms with E-state index in [0.29, 0.717) is 21.0 Å². The quantitative estimate of drug-likeness (QED) is 0.635. The van der Waals surface area contributed by atoms with Crippen molar-refractivity contribution in [3.05, 3.63) is 45.6 Å². The van der Waals surface area contributed by atoms with Gasteiger partial charge in [-0.25, -0.2) is 4.79 Å². The van der Waals surface area contributed by atoms with Crippen molar-refractivity contribution in [2.24, 2.45) is 0 Å². The van der Waals surface area contributed by atoms with E-state index in [4.69, 9.17) is 14.4 Å². The topological polar surface area (TPSA) is 92.3 Å². The van der Waals surface area contributed by atoms with E-state index >= 15 is 0 Å². The lowest BCUT2D eigenvalue weighted by Crippen LogP contribution is -2.19. The Morgan fingerprint density at radius 2 is 2.27 bits per heavy atom. The van der Waals surface area contributed by atoms with Crippen molar-refractivity contribution in [1.29, 1.82) is 5.26 Å². The molecule has 8 heteroatoms. The van der Waals surface area contributed by atoms with Gasteiger partial charge in [0.15, 0.2) is 11.3 Å². The summed E-state index contributed by atoms with van der Waals surface area (Å²) in [5, 5.41) is 13.4. The number of amides is 1. The molecule has 1 N–H and O–H groups in total. The molecule has 2 aromatic rings. The molecule has 0 aliphatic rings. The van der Waals surface area contributed by atoms with Crippen LogP contribution in [0.3, 0.4) is 0 Å². The first-order valence-corrected chi connectivity index (χ1v) is 7.63. The Kier molecular flexibility index (Phi) is 5.52. The molecule has 1 amide bonds. The molecular weight excluding hydrogens is 372 g/mol. The highest BCUT2D eigenvalue weighted by Gasteiger charge is 2.10. The Morgan fingerprint density at radius 1 is 1.45 bits per heavy atom. The number of halogens is 1. The Morgan fingerprint density at radius 3 is 2.95 bits per heavy atom. The monoisotopic (exact) mass is 380 g/mol. The van der Waals surface area contributed by atoms with Crippen LogP contribution in [0.4, 0.5) is 5.00 Å². The lowest BCUT2D eigenvalue weighted by Gasteiger charge is -2.03. The van der Waals surface area contributed by atoms with Crippen molar-refractivity contribution >= 4 is 50.2 Å². The second-order valence-corrected chi connectivity index (χ2v) is 5.60. The van der Waals surface area contributed by atoms with Crippen molar-refractivity contribution < 1.29 is 18.7 Å². The maximum Gasteiger partial charge on any atom is 0.331 e. The van der Waals surface area contributed by atoms with Crippen LogP contribution in [0.1, 0.15) is 11.3 Å². The smallest absolute Gasteiger partial charge is 0.331 e. The number of nitrogens with zero attached hydrogens (tertiary/aromatic N) is 1. The van der Waals surface area contributed by atoms with E-state index in [-0.39, 0.29) is 0 Å². The predicted molar refractivity (Wildman–Crippen MR) is 84.1 cm³/mol. The number of ether oxygens (including phenoxy) is 1. The summed E-state index contributed by atoms with van der Waals surface area (Å²) in [5.41, 5.74) is 0.368. The minimum absolute atomic E-state index is 0.368. The molecule has 0 atom stereocenters. The highest BCUT2D eigenvalue weighted by atomic mass is 79.9. The highest BCUT2D eigenvalue weighted by Crippen LogP contribution is 2.21. The third-order valence-electron chi connectivity index (χ3n) is 2.36. The summed E-state index contributed by atoms with van der Waals surface area (Å²) >= 11 is 4.36. The number of esters is 1. The van der Waals surface area contributed by atoms with Crippen LogP contribution in [0.15, 0.2) is 38.7 Å². The van der Waals surface area contributed by atoms with Crippen LogP contribution in [-0.4, -0.2) is 18.5 Å². The lowest BCUT2D eigenvalue weighted by atomic mass is 10.3. The summed E-state index contributed by atoms with van der Waals surface area (Å²) in [6.07, 6.45) is 2.59. The molecule has 0 saturated heterocycles. The van der Waals surface area contributed by atoms with Gasteiger partial charge < -0.3 is 14.5 Å². The van der Waals surface area contributed by atoms with E-state index in [9.17, 15) is 9.59 Å². The number of hydrogen-bond acceptors (Lipinski definition) is 6. The molecule has 0 unspecified atom stereocenters. The van der Waals surface area contributed by atoms with Crippen LogP contribution >= 0.6 is 27.3 Å². The molecular formula is C14H9BrN2O4S. The molecule has 0 bridgehead atoms. The summed E-state index contributed by atoms with van der Waals surface area (Å²) in [7, 11) is 0. The number of carbonyl (C=O) groups is 2. The van der Waals surface area contributed by atoms with Gasteiger partial charge in [0.05, 0.1) is 5.56 Å². The van der Waals surface area contributed by atoms with E-state index < -0.39 is 18.5 Å². The van der Waals surface area contributed by atoms with Gasteiger partial charge in [0.25, 0.3) is 5.91 Å². The number of furan rings is 1. The van der Waals surface area contributed by atoms with Crippen LogP contribution in [0.2, 0.25) is 0 Å². The van der Waals surface area contributed by atoms with Gasteiger partial charge in [-0.1, -0.05) is 0 Å². The minimum atomic E-state index is -0.672. The van der Waals surface area contributed by atoms with E-state index in [1.807, 2.05) is 6.07 Å². The molecule has 6 nitrogen and oxygen atoms in total. The first-order chi connectivity index (χ1) is 10.6. The van der Waals surface area contributed by atoms with Gasteiger partial charge in [-0.2, -0.15) is 5.26 Å². The summed E-state index contributed by atoms with van der Waals surface area (Å²) < 4.78 is 10.5. The molecule has 0 fully saturated rings. The van der Waals surface area contributed by atoms with Crippen LogP contribution in [-0.2, 0) is 14.3 Å². The van der Waals surface area contributed by atoms with Crippen LogP contribution in [0.25, 0.3) is 6.08 Å². The molecule has 0 spiro atoms. The average Bonchev–Trinajstić information content (AvgIpc) is 3.11. The molecule has 22 heavy (non-hydrogen) atoms. The van der Waals surface area contributed by atoms with Crippen molar-refractivity contribution in [2.75, 3.05) is 11.9 Å². The van der Waals surface area contributed by atoms with Gasteiger partial charge >= 0.3 is 5.97 Å². The fraction of sp³-hybridized carbons (Fsp3) is 0.0714. The Balaban J connectivity index is 1.80. The van der Waals surface area contributed by atoms with E-state index in [0.717, 1.165) is 6.08 Å². The minimum Gasteiger partial charge on any atom is -0.452 e. The Labute approximate surface area is 138 Å². The van der Waals surface area contributed by atoms with E-state index in [2.05, 4.69) is 21.2 Å². The van der Waals surface area contributed by atoms with Gasteiger partial charge in [-0.05, 0) is 45.6 Å². The average molecular weight is 381 g/mol. The summed E-state index contributed by atoms with van der Waals surface area (Å²) in [6, 6.07) is 6.90.